The molecule has 2 aliphatic heterocycles. The van der Waals surface area contributed by atoms with E-state index in [-0.39, 0.29) is 26.6 Å². The number of carboxylic acids is 1. The maximum Gasteiger partial charge on any atom is 0.352 e. The van der Waals surface area contributed by atoms with E-state index in [1.165, 1.54) is 23.8 Å². The number of fused-ring (bicyclic) bond motifs is 2. The van der Waals surface area contributed by atoms with Gasteiger partial charge in [0.25, 0.3) is 11.8 Å². The van der Waals surface area contributed by atoms with Crippen molar-refractivity contribution in [3.8, 4) is 0 Å². The summed E-state index contributed by atoms with van der Waals surface area (Å²) in [5.74, 6) is -2.12. The van der Waals surface area contributed by atoms with Crippen molar-refractivity contribution in [1.82, 2.24) is 20.2 Å². The molecular formula is C21H19ClN7O5S2+. The number of hydrogen-bond acceptors (Lipinski definition) is 9. The molecule has 1 fully saturated rings. The zero-order valence-corrected chi connectivity index (χ0v) is 21.0. The third-order valence-corrected chi connectivity index (χ3v) is 8.15. The number of aromatic amines is 1. The molecule has 186 valence electrons. The first-order valence-corrected chi connectivity index (χ1v) is 12.7. The zero-order valence-electron chi connectivity index (χ0n) is 18.6. The molecule has 5 N–H and O–H groups in total. The summed E-state index contributed by atoms with van der Waals surface area (Å²) in [6, 6.07) is 4.75. The number of β-lactam (4-membered cyclic amide) rings is 1. The summed E-state index contributed by atoms with van der Waals surface area (Å²) in [6.07, 6.45) is 4.00. The number of nitrogens with two attached hydrogens (primary N) is 1. The van der Waals surface area contributed by atoms with Crippen LogP contribution in [0.5, 0.6) is 0 Å². The lowest BCUT2D eigenvalue weighted by Gasteiger charge is -2.49. The number of nitrogen functional groups attached to an aromatic ring is 1. The van der Waals surface area contributed by atoms with Crippen LogP contribution in [0.3, 0.4) is 0 Å². The lowest BCUT2D eigenvalue weighted by molar-refractivity contribution is -0.511. The maximum atomic E-state index is 13.1. The highest BCUT2D eigenvalue weighted by atomic mass is 35.5. The Morgan fingerprint density at radius 1 is 1.47 bits per heavy atom. The van der Waals surface area contributed by atoms with Crippen LogP contribution in [-0.2, 0) is 25.6 Å². The number of thiazole rings is 1. The lowest BCUT2D eigenvalue weighted by atomic mass is 10.00. The summed E-state index contributed by atoms with van der Waals surface area (Å²) < 4.78 is 2.04. The summed E-state index contributed by atoms with van der Waals surface area (Å²) in [7, 11) is 1.25. The number of aromatic nitrogens is 3. The van der Waals surface area contributed by atoms with Crippen molar-refractivity contribution in [2.75, 3.05) is 18.6 Å². The molecule has 0 aliphatic carbocycles. The number of imidazole rings is 1. The first kappa shape index (κ1) is 24.1. The minimum Gasteiger partial charge on any atom is -0.477 e. The van der Waals surface area contributed by atoms with Crippen molar-refractivity contribution in [2.24, 2.45) is 5.16 Å². The van der Waals surface area contributed by atoms with E-state index in [0.717, 1.165) is 22.5 Å². The third-order valence-electron chi connectivity index (χ3n) is 5.73. The molecular weight excluding hydrogens is 530 g/mol. The number of hydrogen-bond donors (Lipinski definition) is 4. The van der Waals surface area contributed by atoms with Crippen molar-refractivity contribution in [3.05, 3.63) is 57.7 Å². The molecule has 0 saturated carbocycles. The number of pyridine rings is 1. The number of nitrogens with zero attached hydrogens (tertiary/aromatic N) is 4. The average Bonchev–Trinajstić information content (AvgIpc) is 3.42. The van der Waals surface area contributed by atoms with Crippen molar-refractivity contribution in [2.45, 2.75) is 17.8 Å². The van der Waals surface area contributed by atoms with Gasteiger partial charge in [0.05, 0.1) is 6.20 Å². The number of carbonyl (C=O) groups is 3. The SMILES string of the molecule is CO/N=C(\C(=O)NC1C(=O)N2C(C(=O)O)=C(Cc3[nH]c[n+]4ccccc34)CS[C@H]12)c1nc(N)sc1Cl. The molecule has 2 amide bonds. The highest BCUT2D eigenvalue weighted by molar-refractivity contribution is 8.00. The van der Waals surface area contributed by atoms with E-state index in [2.05, 4.69) is 20.4 Å². The van der Waals surface area contributed by atoms with E-state index < -0.39 is 29.2 Å². The number of anilines is 1. The molecule has 0 radical (unpaired) electrons. The van der Waals surface area contributed by atoms with Crippen LogP contribution < -0.4 is 15.5 Å². The molecule has 5 heterocycles. The Bertz CT molecular complexity index is 1470. The quantitative estimate of drug-likeness (QED) is 0.145. The van der Waals surface area contributed by atoms with Gasteiger partial charge < -0.3 is 21.0 Å². The molecule has 3 aromatic rings. The lowest BCUT2D eigenvalue weighted by Crippen LogP contribution is -2.71. The van der Waals surface area contributed by atoms with Crippen LogP contribution in [-0.4, -0.2) is 67.7 Å². The molecule has 0 bridgehead atoms. The summed E-state index contributed by atoms with van der Waals surface area (Å²) in [5, 5.41) is 15.8. The van der Waals surface area contributed by atoms with Crippen molar-refractivity contribution in [3.63, 3.8) is 0 Å². The van der Waals surface area contributed by atoms with Gasteiger partial charge in [-0.1, -0.05) is 34.2 Å². The van der Waals surface area contributed by atoms with Crippen molar-refractivity contribution >= 4 is 68.8 Å². The number of rotatable bonds is 7. The molecule has 3 aromatic heterocycles. The predicted molar refractivity (Wildman–Crippen MR) is 132 cm³/mol. The fourth-order valence-electron chi connectivity index (χ4n) is 4.18. The highest BCUT2D eigenvalue weighted by Crippen LogP contribution is 2.41. The van der Waals surface area contributed by atoms with Crippen LogP contribution in [0.2, 0.25) is 4.34 Å². The van der Waals surface area contributed by atoms with Gasteiger partial charge >= 0.3 is 5.97 Å². The van der Waals surface area contributed by atoms with Crippen molar-refractivity contribution < 1.29 is 28.7 Å². The molecule has 15 heteroatoms. The zero-order chi connectivity index (χ0) is 25.6. The molecule has 0 spiro atoms. The van der Waals surface area contributed by atoms with Gasteiger partial charge in [-0.2, -0.15) is 0 Å². The number of amides is 2. The standard InChI is InChI=1S/C21H18ClN7O5S2/c1-34-27-13(12-16(22)36-21(23)26-12)17(30)25-14-18(31)29-15(20(32)33)9(7-35-19(14)29)6-10-11-4-2-3-5-28(11)8-24-10/h2-5,8,14,19H,6-7H2,1H3,(H4,23,25,26,30,32,33)/p+1/b27-13-/t14?,19-/m1/s1. The van der Waals surface area contributed by atoms with Gasteiger partial charge in [0.2, 0.25) is 6.33 Å². The highest BCUT2D eigenvalue weighted by Gasteiger charge is 2.54. The molecule has 36 heavy (non-hydrogen) atoms. The van der Waals surface area contributed by atoms with E-state index in [1.54, 1.807) is 6.33 Å². The van der Waals surface area contributed by atoms with Gasteiger partial charge in [-0.15, -0.1) is 11.8 Å². The fourth-order valence-corrected chi connectivity index (χ4v) is 6.45. The molecule has 1 unspecified atom stereocenters. The predicted octanol–water partition coefficient (Wildman–Crippen LogP) is 0.777. The van der Waals surface area contributed by atoms with Crippen molar-refractivity contribution in [1.29, 1.82) is 0 Å². The average molecular weight is 549 g/mol. The number of halogens is 1. The Kier molecular flexibility index (Phi) is 6.32. The van der Waals surface area contributed by atoms with E-state index >= 15 is 0 Å². The number of nitrogens with one attached hydrogen (secondary N) is 2. The second-order valence-electron chi connectivity index (χ2n) is 7.84. The fraction of sp³-hybridized carbons (Fsp3) is 0.238. The van der Waals surface area contributed by atoms with Crippen LogP contribution in [0.4, 0.5) is 5.13 Å². The second-order valence-corrected chi connectivity index (χ2v) is 10.6. The molecule has 2 atom stereocenters. The minimum absolute atomic E-state index is 0.0305. The number of carboxylic acid groups (broad SMARTS) is 1. The first-order valence-electron chi connectivity index (χ1n) is 10.5. The topological polar surface area (TPSA) is 167 Å². The van der Waals surface area contributed by atoms with E-state index in [4.69, 9.17) is 22.2 Å². The van der Waals surface area contributed by atoms with Crippen LogP contribution in [0.1, 0.15) is 11.4 Å². The van der Waals surface area contributed by atoms with Crippen LogP contribution in [0.15, 0.2) is 47.1 Å². The summed E-state index contributed by atoms with van der Waals surface area (Å²) in [4.78, 5) is 51.4. The molecule has 5 rings (SSSR count). The number of H-pyrrole nitrogens is 1. The Balaban J connectivity index is 1.38. The normalized spacial score (nSPS) is 19.8. The van der Waals surface area contributed by atoms with Crippen LogP contribution in [0.25, 0.3) is 5.52 Å². The molecule has 12 nitrogen and oxygen atoms in total. The Morgan fingerprint density at radius 2 is 2.28 bits per heavy atom. The Labute approximate surface area is 216 Å². The largest absolute Gasteiger partial charge is 0.477 e. The minimum atomic E-state index is -1.21. The number of oxime groups is 1. The Morgan fingerprint density at radius 3 is 2.97 bits per heavy atom. The van der Waals surface area contributed by atoms with E-state index in [9.17, 15) is 19.5 Å². The number of carbonyl (C=O) groups excluding carboxylic acids is 2. The van der Waals surface area contributed by atoms with E-state index in [1.807, 2.05) is 28.8 Å². The second kappa shape index (κ2) is 9.44. The van der Waals surface area contributed by atoms with Gasteiger partial charge in [-0.3, -0.25) is 14.5 Å². The number of thioether (sulfide) groups is 1. The number of aliphatic carboxylic acids is 1. The van der Waals surface area contributed by atoms with Gasteiger partial charge in [0.1, 0.15) is 34.3 Å². The van der Waals surface area contributed by atoms with Crippen LogP contribution >= 0.6 is 34.7 Å². The first-order chi connectivity index (χ1) is 17.3. The van der Waals surface area contributed by atoms with Crippen LogP contribution in [0, 0.1) is 0 Å². The van der Waals surface area contributed by atoms with Gasteiger partial charge in [0.15, 0.2) is 22.1 Å². The smallest absolute Gasteiger partial charge is 0.352 e. The van der Waals surface area contributed by atoms with Gasteiger partial charge in [-0.05, 0) is 17.7 Å². The maximum absolute atomic E-state index is 13.1. The molecule has 1 saturated heterocycles. The molecule has 0 aromatic carbocycles. The Hall–Kier alpha value is -3.62. The van der Waals surface area contributed by atoms with E-state index in [0.29, 0.717) is 17.7 Å². The molecule has 2 aliphatic rings. The van der Waals surface area contributed by atoms with Gasteiger partial charge in [-0.25, -0.2) is 19.2 Å². The monoisotopic (exact) mass is 548 g/mol. The summed E-state index contributed by atoms with van der Waals surface area (Å²) in [6.45, 7) is 0. The van der Waals surface area contributed by atoms with Gasteiger partial charge in [0, 0.05) is 12.2 Å². The third kappa shape index (κ3) is 4.06. The summed E-state index contributed by atoms with van der Waals surface area (Å²) >= 11 is 8.45. The summed E-state index contributed by atoms with van der Waals surface area (Å²) in [5.41, 5.74) is 7.73.